The second kappa shape index (κ2) is 9.29. The summed E-state index contributed by atoms with van der Waals surface area (Å²) in [4.78, 5) is 13.0. The SMILES string of the molecule is Cc1ccccc1OCC(=O)NC[C@@H](OCCO)c1cccs1. The number of ether oxygens (including phenoxy) is 2. The first-order valence-electron chi connectivity index (χ1n) is 7.41. The molecule has 0 unspecified atom stereocenters. The Balaban J connectivity index is 1.80. The molecule has 1 atom stereocenters. The lowest BCUT2D eigenvalue weighted by Gasteiger charge is -2.17. The van der Waals surface area contributed by atoms with Crippen LogP contribution in [-0.4, -0.2) is 37.4 Å². The average Bonchev–Trinajstić information content (AvgIpc) is 3.08. The smallest absolute Gasteiger partial charge is 0.258 e. The first-order chi connectivity index (χ1) is 11.2. The van der Waals surface area contributed by atoms with Gasteiger partial charge in [0.2, 0.25) is 0 Å². The largest absolute Gasteiger partial charge is 0.484 e. The molecule has 0 spiro atoms. The van der Waals surface area contributed by atoms with Crippen molar-refractivity contribution in [2.45, 2.75) is 13.0 Å². The number of para-hydroxylation sites is 1. The summed E-state index contributed by atoms with van der Waals surface area (Å²) in [6, 6.07) is 11.4. The van der Waals surface area contributed by atoms with E-state index in [9.17, 15) is 4.79 Å². The Morgan fingerprint density at radius 3 is 2.83 bits per heavy atom. The topological polar surface area (TPSA) is 67.8 Å². The summed E-state index contributed by atoms with van der Waals surface area (Å²) >= 11 is 1.56. The van der Waals surface area contributed by atoms with Gasteiger partial charge in [0.15, 0.2) is 6.61 Å². The highest BCUT2D eigenvalue weighted by molar-refractivity contribution is 7.10. The Morgan fingerprint density at radius 2 is 2.13 bits per heavy atom. The van der Waals surface area contributed by atoms with Gasteiger partial charge in [0.25, 0.3) is 5.91 Å². The van der Waals surface area contributed by atoms with E-state index in [4.69, 9.17) is 14.6 Å². The van der Waals surface area contributed by atoms with Crippen LogP contribution in [-0.2, 0) is 9.53 Å². The van der Waals surface area contributed by atoms with Crippen molar-refractivity contribution in [3.63, 3.8) is 0 Å². The minimum Gasteiger partial charge on any atom is -0.484 e. The molecule has 0 aliphatic heterocycles. The number of aryl methyl sites for hydroxylation is 1. The lowest BCUT2D eigenvalue weighted by atomic mass is 10.2. The highest BCUT2D eigenvalue weighted by Gasteiger charge is 2.15. The molecule has 1 amide bonds. The van der Waals surface area contributed by atoms with Crippen molar-refractivity contribution in [3.05, 3.63) is 52.2 Å². The molecule has 0 radical (unpaired) electrons. The molecule has 2 rings (SSSR count). The fourth-order valence-corrected chi connectivity index (χ4v) is 2.80. The molecule has 0 saturated carbocycles. The standard InChI is InChI=1S/C17H21NO4S/c1-13-5-2-3-6-14(13)22-12-17(20)18-11-15(21-9-8-19)16-7-4-10-23-16/h2-7,10,15,19H,8-9,11-12H2,1H3,(H,18,20)/t15-/m1/s1. The van der Waals surface area contributed by atoms with Crippen molar-refractivity contribution >= 4 is 17.2 Å². The maximum absolute atomic E-state index is 11.9. The zero-order valence-corrected chi connectivity index (χ0v) is 13.8. The third kappa shape index (κ3) is 5.67. The van der Waals surface area contributed by atoms with Crippen LogP contribution >= 0.6 is 11.3 Å². The quantitative estimate of drug-likeness (QED) is 0.738. The van der Waals surface area contributed by atoms with E-state index in [1.807, 2.05) is 48.7 Å². The molecule has 23 heavy (non-hydrogen) atoms. The van der Waals surface area contributed by atoms with Crippen LogP contribution in [0.15, 0.2) is 41.8 Å². The molecular formula is C17H21NO4S. The van der Waals surface area contributed by atoms with Crippen molar-refractivity contribution in [1.29, 1.82) is 0 Å². The van der Waals surface area contributed by atoms with Gasteiger partial charge in [0.05, 0.1) is 13.2 Å². The maximum atomic E-state index is 11.9. The fraction of sp³-hybridized carbons (Fsp3) is 0.353. The van der Waals surface area contributed by atoms with Crippen molar-refractivity contribution in [1.82, 2.24) is 5.32 Å². The molecule has 124 valence electrons. The Kier molecular flexibility index (Phi) is 7.06. The summed E-state index contributed by atoms with van der Waals surface area (Å²) in [5.41, 5.74) is 0.989. The summed E-state index contributed by atoms with van der Waals surface area (Å²) < 4.78 is 11.1. The van der Waals surface area contributed by atoms with E-state index < -0.39 is 0 Å². The number of carbonyl (C=O) groups is 1. The summed E-state index contributed by atoms with van der Waals surface area (Å²) in [6.45, 7) is 2.42. The molecular weight excluding hydrogens is 314 g/mol. The Labute approximate surface area is 139 Å². The Hall–Kier alpha value is -1.89. The van der Waals surface area contributed by atoms with E-state index in [1.54, 1.807) is 11.3 Å². The number of hydrogen-bond donors (Lipinski definition) is 2. The van der Waals surface area contributed by atoms with Crippen LogP contribution in [0.5, 0.6) is 5.75 Å². The van der Waals surface area contributed by atoms with Gasteiger partial charge in [-0.25, -0.2) is 0 Å². The fourth-order valence-electron chi connectivity index (χ4n) is 2.03. The molecule has 2 aromatic rings. The number of carbonyl (C=O) groups excluding carboxylic acids is 1. The van der Waals surface area contributed by atoms with Gasteiger partial charge in [0, 0.05) is 11.4 Å². The average molecular weight is 335 g/mol. The Morgan fingerprint density at radius 1 is 1.30 bits per heavy atom. The van der Waals surface area contributed by atoms with Crippen molar-refractivity contribution in [2.75, 3.05) is 26.4 Å². The number of benzene rings is 1. The molecule has 0 aliphatic rings. The van der Waals surface area contributed by atoms with Gasteiger partial charge < -0.3 is 19.9 Å². The van der Waals surface area contributed by atoms with Crippen LogP contribution in [0.3, 0.4) is 0 Å². The third-order valence-corrected chi connectivity index (χ3v) is 4.17. The number of amides is 1. The monoisotopic (exact) mass is 335 g/mol. The molecule has 0 aliphatic carbocycles. The zero-order valence-electron chi connectivity index (χ0n) is 13.0. The molecule has 1 aromatic heterocycles. The van der Waals surface area contributed by atoms with Crippen molar-refractivity contribution in [3.8, 4) is 5.75 Å². The van der Waals surface area contributed by atoms with Crippen LogP contribution in [0.1, 0.15) is 16.5 Å². The summed E-state index contributed by atoms with van der Waals surface area (Å²) in [7, 11) is 0. The molecule has 0 bridgehead atoms. The van der Waals surface area contributed by atoms with E-state index in [0.29, 0.717) is 12.3 Å². The van der Waals surface area contributed by atoms with Gasteiger partial charge in [-0.1, -0.05) is 24.3 Å². The molecule has 2 N–H and O–H groups in total. The lowest BCUT2D eigenvalue weighted by molar-refractivity contribution is -0.123. The van der Waals surface area contributed by atoms with E-state index >= 15 is 0 Å². The number of hydrogen-bond acceptors (Lipinski definition) is 5. The van der Waals surface area contributed by atoms with Gasteiger partial charge in [-0.05, 0) is 30.0 Å². The minimum atomic E-state index is -0.260. The summed E-state index contributed by atoms with van der Waals surface area (Å²) in [6.07, 6.45) is -0.260. The maximum Gasteiger partial charge on any atom is 0.258 e. The number of aliphatic hydroxyl groups excluding tert-OH is 1. The van der Waals surface area contributed by atoms with E-state index in [-0.39, 0.29) is 31.8 Å². The predicted octanol–water partition coefficient (Wildman–Crippen LogP) is 2.30. The number of nitrogens with one attached hydrogen (secondary N) is 1. The number of aliphatic hydroxyl groups is 1. The minimum absolute atomic E-state index is 0.0397. The van der Waals surface area contributed by atoms with E-state index in [0.717, 1.165) is 10.4 Å². The van der Waals surface area contributed by atoms with Crippen LogP contribution in [0.25, 0.3) is 0 Å². The van der Waals surface area contributed by atoms with Crippen LogP contribution in [0.4, 0.5) is 0 Å². The lowest BCUT2D eigenvalue weighted by Crippen LogP contribution is -2.33. The summed E-state index contributed by atoms with van der Waals surface area (Å²) in [5.74, 6) is 0.497. The molecule has 6 heteroatoms. The second-order valence-corrected chi connectivity index (χ2v) is 5.94. The Bertz CT molecular complexity index is 600. The molecule has 5 nitrogen and oxygen atoms in total. The molecule has 0 fully saturated rings. The van der Waals surface area contributed by atoms with Gasteiger partial charge in [-0.15, -0.1) is 11.3 Å². The predicted molar refractivity (Wildman–Crippen MR) is 89.8 cm³/mol. The van der Waals surface area contributed by atoms with Gasteiger partial charge in [0.1, 0.15) is 11.9 Å². The molecule has 0 saturated heterocycles. The zero-order chi connectivity index (χ0) is 16.5. The van der Waals surface area contributed by atoms with Gasteiger partial charge in [-0.2, -0.15) is 0 Å². The first kappa shape index (κ1) is 17.5. The number of thiophene rings is 1. The molecule has 1 heterocycles. The highest BCUT2D eigenvalue weighted by atomic mass is 32.1. The third-order valence-electron chi connectivity index (χ3n) is 3.21. The van der Waals surface area contributed by atoms with Crippen LogP contribution in [0.2, 0.25) is 0 Å². The number of rotatable bonds is 9. The second-order valence-electron chi connectivity index (χ2n) is 4.96. The summed E-state index contributed by atoms with van der Waals surface area (Å²) in [5, 5.41) is 13.7. The van der Waals surface area contributed by atoms with Crippen LogP contribution < -0.4 is 10.1 Å². The highest BCUT2D eigenvalue weighted by Crippen LogP contribution is 2.21. The van der Waals surface area contributed by atoms with E-state index in [2.05, 4.69) is 5.32 Å². The van der Waals surface area contributed by atoms with Crippen LogP contribution in [0, 0.1) is 6.92 Å². The van der Waals surface area contributed by atoms with E-state index in [1.165, 1.54) is 0 Å². The van der Waals surface area contributed by atoms with Gasteiger partial charge in [-0.3, -0.25) is 4.79 Å². The van der Waals surface area contributed by atoms with Crippen molar-refractivity contribution < 1.29 is 19.4 Å². The van der Waals surface area contributed by atoms with Crippen molar-refractivity contribution in [2.24, 2.45) is 0 Å². The normalized spacial score (nSPS) is 11.9. The first-order valence-corrected chi connectivity index (χ1v) is 8.29. The molecule has 1 aromatic carbocycles. The van der Waals surface area contributed by atoms with Gasteiger partial charge >= 0.3 is 0 Å².